The molecule has 1 saturated carbocycles. The number of thioether (sulfide) groups is 1. The Kier molecular flexibility index (Phi) is 5.41. The van der Waals surface area contributed by atoms with E-state index in [-0.39, 0.29) is 17.5 Å². The Bertz CT molecular complexity index is 621. The van der Waals surface area contributed by atoms with E-state index in [1.165, 1.54) is 25.7 Å². The van der Waals surface area contributed by atoms with E-state index in [1.807, 2.05) is 6.92 Å². The van der Waals surface area contributed by atoms with E-state index < -0.39 is 0 Å². The van der Waals surface area contributed by atoms with E-state index in [9.17, 15) is 9.59 Å². The van der Waals surface area contributed by atoms with Crippen LogP contribution in [0.2, 0.25) is 0 Å². The van der Waals surface area contributed by atoms with Gasteiger partial charge in [0.1, 0.15) is 0 Å². The van der Waals surface area contributed by atoms with E-state index in [4.69, 9.17) is 0 Å². The molecule has 1 aromatic heterocycles. The lowest BCUT2D eigenvalue weighted by atomic mass is 10.1. The molecule has 1 unspecified atom stereocenters. The molecule has 23 heavy (non-hydrogen) atoms. The van der Waals surface area contributed by atoms with Gasteiger partial charge in [-0.2, -0.15) is 0 Å². The third-order valence-electron chi connectivity index (χ3n) is 4.75. The first-order valence-corrected chi connectivity index (χ1v) is 9.70. The van der Waals surface area contributed by atoms with E-state index in [0.29, 0.717) is 12.5 Å². The molecule has 126 valence electrons. The van der Waals surface area contributed by atoms with Crippen LogP contribution < -0.4 is 10.9 Å². The highest BCUT2D eigenvalue weighted by molar-refractivity contribution is 7.99. The summed E-state index contributed by atoms with van der Waals surface area (Å²) in [6, 6.07) is 1.86. The zero-order chi connectivity index (χ0) is 16.2. The SMILES string of the molecule is CCc1cc(=O)n2c(n1)SCC2CC(=O)NC1CCCCCC1. The maximum atomic E-state index is 12.4. The molecular formula is C17H25N3O2S. The minimum atomic E-state index is -0.0633. The number of hydrogen-bond donors (Lipinski definition) is 1. The average molecular weight is 335 g/mol. The van der Waals surface area contributed by atoms with Gasteiger partial charge in [-0.1, -0.05) is 44.4 Å². The van der Waals surface area contributed by atoms with Crippen molar-refractivity contribution in [1.29, 1.82) is 0 Å². The molecule has 3 rings (SSSR count). The Morgan fingerprint density at radius 1 is 1.35 bits per heavy atom. The number of aryl methyl sites for hydroxylation is 1. The number of nitrogens with zero attached hydrogens (tertiary/aromatic N) is 2. The van der Waals surface area contributed by atoms with Gasteiger partial charge in [-0.05, 0) is 19.3 Å². The fraction of sp³-hybridized carbons (Fsp3) is 0.706. The maximum Gasteiger partial charge on any atom is 0.254 e. The molecule has 1 fully saturated rings. The predicted molar refractivity (Wildman–Crippen MR) is 91.9 cm³/mol. The molecule has 2 heterocycles. The lowest BCUT2D eigenvalue weighted by Gasteiger charge is -2.18. The normalized spacial score (nSPS) is 21.7. The number of amides is 1. The van der Waals surface area contributed by atoms with Gasteiger partial charge in [0.05, 0.1) is 6.04 Å². The van der Waals surface area contributed by atoms with E-state index in [0.717, 1.165) is 35.9 Å². The zero-order valence-corrected chi connectivity index (χ0v) is 14.5. The second-order valence-corrected chi connectivity index (χ2v) is 7.50. The molecule has 1 amide bonds. The van der Waals surface area contributed by atoms with Gasteiger partial charge < -0.3 is 5.32 Å². The highest BCUT2D eigenvalue weighted by atomic mass is 32.2. The molecule has 5 nitrogen and oxygen atoms in total. The van der Waals surface area contributed by atoms with Crippen molar-refractivity contribution in [3.63, 3.8) is 0 Å². The standard InChI is InChI=1S/C17H25N3O2S/c1-2-12-9-16(22)20-14(11-23-17(20)19-12)10-15(21)18-13-7-5-3-4-6-8-13/h9,13-14H,2-8,10-11H2,1H3,(H,18,21). The van der Waals surface area contributed by atoms with Crippen molar-refractivity contribution in [3.05, 3.63) is 22.1 Å². The molecule has 1 atom stereocenters. The van der Waals surface area contributed by atoms with Gasteiger partial charge in [0, 0.05) is 30.0 Å². The van der Waals surface area contributed by atoms with Crippen molar-refractivity contribution in [2.75, 3.05) is 5.75 Å². The predicted octanol–water partition coefficient (Wildman–Crippen LogP) is 2.68. The van der Waals surface area contributed by atoms with Crippen LogP contribution in [0.4, 0.5) is 0 Å². The molecule has 0 radical (unpaired) electrons. The second-order valence-electron chi connectivity index (χ2n) is 6.52. The number of nitrogens with one attached hydrogen (secondary N) is 1. The first-order chi connectivity index (χ1) is 11.2. The zero-order valence-electron chi connectivity index (χ0n) is 13.7. The van der Waals surface area contributed by atoms with Crippen molar-refractivity contribution in [3.8, 4) is 0 Å². The molecule has 0 bridgehead atoms. The van der Waals surface area contributed by atoms with E-state index >= 15 is 0 Å². The van der Waals surface area contributed by atoms with Gasteiger partial charge >= 0.3 is 0 Å². The molecule has 1 N–H and O–H groups in total. The van der Waals surface area contributed by atoms with Crippen LogP contribution in [0.15, 0.2) is 16.0 Å². The largest absolute Gasteiger partial charge is 0.353 e. The monoisotopic (exact) mass is 335 g/mol. The summed E-state index contributed by atoms with van der Waals surface area (Å²) in [5.41, 5.74) is 0.807. The average Bonchev–Trinajstić information content (AvgIpc) is 2.76. The second kappa shape index (κ2) is 7.51. The van der Waals surface area contributed by atoms with Crippen LogP contribution >= 0.6 is 11.8 Å². The highest BCUT2D eigenvalue weighted by Crippen LogP contribution is 2.32. The van der Waals surface area contributed by atoms with Gasteiger partial charge in [-0.3, -0.25) is 14.2 Å². The summed E-state index contributed by atoms with van der Waals surface area (Å²) < 4.78 is 1.70. The van der Waals surface area contributed by atoms with Crippen molar-refractivity contribution in [1.82, 2.24) is 14.9 Å². The molecule has 0 saturated heterocycles. The van der Waals surface area contributed by atoms with Gasteiger partial charge in [-0.25, -0.2) is 4.98 Å². The smallest absolute Gasteiger partial charge is 0.254 e. The van der Waals surface area contributed by atoms with Gasteiger partial charge in [0.2, 0.25) is 5.91 Å². The van der Waals surface area contributed by atoms with Crippen LogP contribution in [0.1, 0.15) is 63.6 Å². The number of hydrogen-bond acceptors (Lipinski definition) is 4. The number of carbonyl (C=O) groups excluding carboxylic acids is 1. The van der Waals surface area contributed by atoms with Crippen molar-refractivity contribution >= 4 is 17.7 Å². The van der Waals surface area contributed by atoms with Crippen molar-refractivity contribution in [2.45, 2.75) is 75.5 Å². The molecule has 1 aliphatic carbocycles. The lowest BCUT2D eigenvalue weighted by molar-refractivity contribution is -0.122. The third-order valence-corrected chi connectivity index (χ3v) is 5.84. The van der Waals surface area contributed by atoms with Crippen LogP contribution in [-0.2, 0) is 11.2 Å². The Labute approximate surface area is 141 Å². The maximum absolute atomic E-state index is 12.4. The Balaban J connectivity index is 1.64. The van der Waals surface area contributed by atoms with Crippen LogP contribution in [0, 0.1) is 0 Å². The third kappa shape index (κ3) is 3.97. The van der Waals surface area contributed by atoms with Crippen molar-refractivity contribution < 1.29 is 4.79 Å². The summed E-state index contributed by atoms with van der Waals surface area (Å²) >= 11 is 1.58. The van der Waals surface area contributed by atoms with Crippen LogP contribution in [0.25, 0.3) is 0 Å². The van der Waals surface area contributed by atoms with E-state index in [2.05, 4.69) is 10.3 Å². The Morgan fingerprint density at radius 3 is 2.78 bits per heavy atom. The number of fused-ring (bicyclic) bond motifs is 1. The molecule has 1 aliphatic heterocycles. The number of rotatable bonds is 4. The number of aromatic nitrogens is 2. The Morgan fingerprint density at radius 2 is 2.09 bits per heavy atom. The minimum Gasteiger partial charge on any atom is -0.353 e. The molecule has 2 aliphatic rings. The minimum absolute atomic E-state index is 0.0240. The Hall–Kier alpha value is -1.30. The summed E-state index contributed by atoms with van der Waals surface area (Å²) in [6.45, 7) is 2.00. The van der Waals surface area contributed by atoms with Gasteiger partial charge in [-0.15, -0.1) is 0 Å². The molecule has 1 aromatic rings. The highest BCUT2D eigenvalue weighted by Gasteiger charge is 2.28. The lowest BCUT2D eigenvalue weighted by Crippen LogP contribution is -2.36. The molecule has 6 heteroatoms. The summed E-state index contributed by atoms with van der Waals surface area (Å²) in [6.07, 6.45) is 8.28. The quantitative estimate of drug-likeness (QED) is 0.679. The summed E-state index contributed by atoms with van der Waals surface area (Å²) in [5.74, 6) is 0.829. The van der Waals surface area contributed by atoms with Crippen LogP contribution in [0.5, 0.6) is 0 Å². The molecule has 0 spiro atoms. The first-order valence-electron chi connectivity index (χ1n) is 8.72. The van der Waals surface area contributed by atoms with Crippen LogP contribution in [-0.4, -0.2) is 27.3 Å². The first kappa shape index (κ1) is 16.6. The number of carbonyl (C=O) groups is 1. The topological polar surface area (TPSA) is 64.0 Å². The summed E-state index contributed by atoms with van der Waals surface area (Å²) in [4.78, 5) is 29.2. The molecule has 0 aromatic carbocycles. The summed E-state index contributed by atoms with van der Waals surface area (Å²) in [7, 11) is 0. The van der Waals surface area contributed by atoms with Crippen molar-refractivity contribution in [2.24, 2.45) is 0 Å². The molecular weight excluding hydrogens is 310 g/mol. The fourth-order valence-electron chi connectivity index (χ4n) is 3.45. The van der Waals surface area contributed by atoms with E-state index in [1.54, 1.807) is 22.4 Å². The summed E-state index contributed by atoms with van der Waals surface area (Å²) in [5, 5.41) is 3.94. The van der Waals surface area contributed by atoms with Gasteiger partial charge in [0.15, 0.2) is 5.16 Å². The fourth-order valence-corrected chi connectivity index (χ4v) is 4.62. The van der Waals surface area contributed by atoms with Crippen LogP contribution in [0.3, 0.4) is 0 Å². The van der Waals surface area contributed by atoms with Gasteiger partial charge in [0.25, 0.3) is 5.56 Å².